The van der Waals surface area contributed by atoms with E-state index in [2.05, 4.69) is 30.4 Å². The van der Waals surface area contributed by atoms with E-state index in [-0.39, 0.29) is 24.0 Å². The molecule has 0 saturated heterocycles. The maximum atomic E-state index is 12.0. The van der Waals surface area contributed by atoms with Gasteiger partial charge in [-0.1, -0.05) is 0 Å². The summed E-state index contributed by atoms with van der Waals surface area (Å²) in [6, 6.07) is 0.288. The SMILES string of the molecule is COC(=O)CNC(=O)c1ncc(-c2nnn(C3CC3)n2)c(C)c1O. The number of nitrogens with one attached hydrogen (secondary N) is 1. The zero-order valence-corrected chi connectivity index (χ0v) is 13.2. The number of methoxy groups -OCH3 is 1. The van der Waals surface area contributed by atoms with Crippen molar-refractivity contribution in [3.05, 3.63) is 17.5 Å². The fraction of sp³-hybridized carbons (Fsp3) is 0.429. The van der Waals surface area contributed by atoms with Crippen LogP contribution in [0.3, 0.4) is 0 Å². The number of hydrogen-bond donors (Lipinski definition) is 2. The third-order valence-corrected chi connectivity index (χ3v) is 3.68. The van der Waals surface area contributed by atoms with Gasteiger partial charge in [-0.05, 0) is 25.0 Å². The summed E-state index contributed by atoms with van der Waals surface area (Å²) < 4.78 is 4.43. The minimum absolute atomic E-state index is 0.185. The van der Waals surface area contributed by atoms with Crippen molar-refractivity contribution in [1.82, 2.24) is 30.5 Å². The highest BCUT2D eigenvalue weighted by Gasteiger charge is 2.27. The van der Waals surface area contributed by atoms with E-state index >= 15 is 0 Å². The fourth-order valence-electron chi connectivity index (χ4n) is 2.09. The number of amides is 1. The van der Waals surface area contributed by atoms with Crippen LogP contribution in [0.4, 0.5) is 0 Å². The van der Waals surface area contributed by atoms with Crippen LogP contribution >= 0.6 is 0 Å². The first-order chi connectivity index (χ1) is 11.5. The lowest BCUT2D eigenvalue weighted by atomic mass is 10.1. The lowest BCUT2D eigenvalue weighted by Gasteiger charge is -2.09. The molecule has 3 rings (SSSR count). The lowest BCUT2D eigenvalue weighted by molar-refractivity contribution is -0.139. The Balaban J connectivity index is 1.82. The van der Waals surface area contributed by atoms with Crippen molar-refractivity contribution in [2.45, 2.75) is 25.8 Å². The lowest BCUT2D eigenvalue weighted by Crippen LogP contribution is -2.30. The van der Waals surface area contributed by atoms with Crippen molar-refractivity contribution in [3.63, 3.8) is 0 Å². The van der Waals surface area contributed by atoms with Crippen LogP contribution in [-0.4, -0.2) is 55.8 Å². The van der Waals surface area contributed by atoms with E-state index in [0.29, 0.717) is 17.0 Å². The standard InChI is InChI=1S/C14H16N6O4/c1-7-9(13-17-19-20(18-13)8-3-4-8)5-15-11(12(7)22)14(23)16-6-10(21)24-2/h5,8,22H,3-4,6H2,1-2H3,(H,16,23). The normalized spacial score (nSPS) is 13.6. The van der Waals surface area contributed by atoms with Gasteiger partial charge >= 0.3 is 5.97 Å². The Morgan fingerprint density at radius 1 is 1.46 bits per heavy atom. The molecule has 2 heterocycles. The molecule has 10 nitrogen and oxygen atoms in total. The van der Waals surface area contributed by atoms with Crippen molar-refractivity contribution < 1.29 is 19.4 Å². The molecule has 0 radical (unpaired) electrons. The Bertz CT molecular complexity index is 799. The van der Waals surface area contributed by atoms with Crippen molar-refractivity contribution in [3.8, 4) is 17.1 Å². The molecule has 2 aromatic heterocycles. The monoisotopic (exact) mass is 332 g/mol. The van der Waals surface area contributed by atoms with Gasteiger partial charge < -0.3 is 15.2 Å². The maximum Gasteiger partial charge on any atom is 0.325 e. The van der Waals surface area contributed by atoms with E-state index in [1.165, 1.54) is 13.3 Å². The smallest absolute Gasteiger partial charge is 0.325 e. The van der Waals surface area contributed by atoms with Gasteiger partial charge in [0.2, 0.25) is 5.82 Å². The van der Waals surface area contributed by atoms with Gasteiger partial charge in [-0.2, -0.15) is 4.80 Å². The molecular weight excluding hydrogens is 316 g/mol. The number of esters is 1. The van der Waals surface area contributed by atoms with Crippen LogP contribution in [0.1, 0.15) is 34.9 Å². The number of hydrogen-bond acceptors (Lipinski definition) is 8. The van der Waals surface area contributed by atoms with Crippen LogP contribution in [0.5, 0.6) is 5.75 Å². The molecule has 24 heavy (non-hydrogen) atoms. The summed E-state index contributed by atoms with van der Waals surface area (Å²) in [6.45, 7) is 1.32. The number of aromatic nitrogens is 5. The molecule has 1 aliphatic carbocycles. The van der Waals surface area contributed by atoms with Crippen LogP contribution in [0, 0.1) is 6.92 Å². The van der Waals surface area contributed by atoms with Gasteiger partial charge in [0.05, 0.1) is 13.2 Å². The minimum Gasteiger partial charge on any atom is -0.505 e. The summed E-state index contributed by atoms with van der Waals surface area (Å²) in [5.41, 5.74) is 0.710. The summed E-state index contributed by atoms with van der Waals surface area (Å²) in [7, 11) is 1.21. The third-order valence-electron chi connectivity index (χ3n) is 3.68. The molecule has 1 aliphatic rings. The highest BCUT2D eigenvalue weighted by molar-refractivity contribution is 5.97. The number of nitrogens with zero attached hydrogens (tertiary/aromatic N) is 5. The summed E-state index contributed by atoms with van der Waals surface area (Å²) >= 11 is 0. The highest BCUT2D eigenvalue weighted by Crippen LogP contribution is 2.34. The molecule has 0 aromatic carbocycles. The van der Waals surface area contributed by atoms with E-state index in [4.69, 9.17) is 0 Å². The molecule has 2 aromatic rings. The van der Waals surface area contributed by atoms with Crippen molar-refractivity contribution in [1.29, 1.82) is 0 Å². The maximum absolute atomic E-state index is 12.0. The number of carbonyl (C=O) groups is 2. The van der Waals surface area contributed by atoms with Crippen LogP contribution in [0.15, 0.2) is 6.20 Å². The predicted molar refractivity (Wildman–Crippen MR) is 80.1 cm³/mol. The first-order valence-corrected chi connectivity index (χ1v) is 7.34. The largest absolute Gasteiger partial charge is 0.505 e. The molecule has 0 bridgehead atoms. The van der Waals surface area contributed by atoms with Gasteiger partial charge in [0.1, 0.15) is 6.54 Å². The molecule has 126 valence electrons. The van der Waals surface area contributed by atoms with Crippen LogP contribution in [0.25, 0.3) is 11.4 Å². The predicted octanol–water partition coefficient (Wildman–Crippen LogP) is -0.0132. The zero-order valence-electron chi connectivity index (χ0n) is 13.2. The van der Waals surface area contributed by atoms with Gasteiger partial charge in [0.15, 0.2) is 11.4 Å². The van der Waals surface area contributed by atoms with Crippen molar-refractivity contribution in [2.75, 3.05) is 13.7 Å². The van der Waals surface area contributed by atoms with Gasteiger partial charge in [-0.15, -0.1) is 10.2 Å². The Morgan fingerprint density at radius 3 is 2.88 bits per heavy atom. The Morgan fingerprint density at radius 2 is 2.21 bits per heavy atom. The highest BCUT2D eigenvalue weighted by atomic mass is 16.5. The number of aromatic hydroxyl groups is 1. The number of tetrazole rings is 1. The third kappa shape index (κ3) is 3.03. The Kier molecular flexibility index (Phi) is 4.11. The molecule has 1 fully saturated rings. The number of rotatable bonds is 5. The van der Waals surface area contributed by atoms with E-state index in [1.807, 2.05) is 0 Å². The second-order valence-electron chi connectivity index (χ2n) is 5.42. The minimum atomic E-state index is -0.679. The molecule has 0 spiro atoms. The van der Waals surface area contributed by atoms with Crippen LogP contribution in [-0.2, 0) is 9.53 Å². The average Bonchev–Trinajstić information content (AvgIpc) is 3.32. The molecular formula is C14H16N6O4. The topological polar surface area (TPSA) is 132 Å². The molecule has 2 N–H and O–H groups in total. The van der Waals surface area contributed by atoms with E-state index in [1.54, 1.807) is 11.7 Å². The molecule has 1 saturated carbocycles. The first kappa shape index (κ1) is 15.8. The van der Waals surface area contributed by atoms with Crippen molar-refractivity contribution >= 4 is 11.9 Å². The quantitative estimate of drug-likeness (QED) is 0.730. The summed E-state index contributed by atoms with van der Waals surface area (Å²) in [4.78, 5) is 28.6. The molecule has 0 atom stereocenters. The average molecular weight is 332 g/mol. The zero-order chi connectivity index (χ0) is 17.3. The molecule has 0 aliphatic heterocycles. The summed E-state index contributed by atoms with van der Waals surface area (Å²) in [5.74, 6) is -1.24. The van der Waals surface area contributed by atoms with Crippen molar-refractivity contribution in [2.24, 2.45) is 0 Å². The Hall–Kier alpha value is -3.04. The van der Waals surface area contributed by atoms with Gasteiger partial charge in [-0.3, -0.25) is 9.59 Å². The summed E-state index contributed by atoms with van der Waals surface area (Å²) in [6.07, 6.45) is 3.45. The van der Waals surface area contributed by atoms with E-state index in [0.717, 1.165) is 12.8 Å². The number of pyridine rings is 1. The Labute approximate surface area is 136 Å². The first-order valence-electron chi connectivity index (χ1n) is 7.34. The summed E-state index contributed by atoms with van der Waals surface area (Å²) in [5, 5.41) is 24.8. The van der Waals surface area contributed by atoms with Gasteiger partial charge in [0, 0.05) is 17.3 Å². The second kappa shape index (κ2) is 6.22. The van der Waals surface area contributed by atoms with Gasteiger partial charge in [0.25, 0.3) is 5.91 Å². The number of ether oxygens (including phenoxy) is 1. The fourth-order valence-corrected chi connectivity index (χ4v) is 2.09. The van der Waals surface area contributed by atoms with Crippen LogP contribution in [0.2, 0.25) is 0 Å². The van der Waals surface area contributed by atoms with E-state index < -0.39 is 11.9 Å². The number of carbonyl (C=O) groups excluding carboxylic acids is 2. The van der Waals surface area contributed by atoms with Crippen LogP contribution < -0.4 is 5.32 Å². The second-order valence-corrected chi connectivity index (χ2v) is 5.42. The van der Waals surface area contributed by atoms with E-state index in [9.17, 15) is 14.7 Å². The van der Waals surface area contributed by atoms with Gasteiger partial charge in [-0.25, -0.2) is 4.98 Å². The molecule has 1 amide bonds. The molecule has 10 heteroatoms. The molecule has 0 unspecified atom stereocenters.